The molecular formula is C14H21NO. The smallest absolute Gasteiger partial charge is 0.0832 e. The molecule has 0 bridgehead atoms. The molecule has 0 aliphatic heterocycles. The predicted molar refractivity (Wildman–Crippen MR) is 66.6 cm³/mol. The van der Waals surface area contributed by atoms with Crippen LogP contribution in [0.2, 0.25) is 0 Å². The van der Waals surface area contributed by atoms with Crippen molar-refractivity contribution in [1.29, 1.82) is 0 Å². The number of hydrogen-bond acceptors (Lipinski definition) is 2. The Balaban J connectivity index is 2.07. The molecule has 0 saturated heterocycles. The quantitative estimate of drug-likeness (QED) is 0.840. The van der Waals surface area contributed by atoms with E-state index in [1.165, 1.54) is 24.0 Å². The molecule has 0 heterocycles. The van der Waals surface area contributed by atoms with E-state index in [-0.39, 0.29) is 6.10 Å². The van der Waals surface area contributed by atoms with E-state index in [0.29, 0.717) is 6.10 Å². The van der Waals surface area contributed by atoms with Crippen molar-refractivity contribution in [1.82, 2.24) is 5.32 Å². The van der Waals surface area contributed by atoms with Crippen molar-refractivity contribution in [2.75, 3.05) is 13.6 Å². The first-order chi connectivity index (χ1) is 7.81. The molecule has 0 spiro atoms. The number of rotatable bonds is 4. The Morgan fingerprint density at radius 2 is 2.25 bits per heavy atom. The molecule has 0 radical (unpaired) electrons. The van der Waals surface area contributed by atoms with Crippen LogP contribution in [0.1, 0.15) is 37.0 Å². The summed E-state index contributed by atoms with van der Waals surface area (Å²) in [6.07, 6.45) is 4.18. The monoisotopic (exact) mass is 219 g/mol. The highest BCUT2D eigenvalue weighted by molar-refractivity contribution is 5.31. The van der Waals surface area contributed by atoms with Crippen molar-refractivity contribution in [3.63, 3.8) is 0 Å². The summed E-state index contributed by atoms with van der Waals surface area (Å²) in [5.41, 5.74) is 2.87. The minimum Gasteiger partial charge on any atom is -0.369 e. The number of benzene rings is 1. The highest BCUT2D eigenvalue weighted by Crippen LogP contribution is 2.32. The highest BCUT2D eigenvalue weighted by Gasteiger charge is 2.21. The van der Waals surface area contributed by atoms with Gasteiger partial charge in [0.1, 0.15) is 0 Å². The van der Waals surface area contributed by atoms with Gasteiger partial charge in [0.2, 0.25) is 0 Å². The third kappa shape index (κ3) is 2.63. The van der Waals surface area contributed by atoms with Gasteiger partial charge in [0, 0.05) is 6.54 Å². The van der Waals surface area contributed by atoms with Crippen LogP contribution < -0.4 is 5.32 Å². The number of fused-ring (bicyclic) bond motifs is 1. The van der Waals surface area contributed by atoms with E-state index in [1.807, 2.05) is 7.05 Å². The lowest BCUT2D eigenvalue weighted by Gasteiger charge is -2.28. The molecule has 16 heavy (non-hydrogen) atoms. The Morgan fingerprint density at radius 3 is 3.06 bits per heavy atom. The number of ether oxygens (including phenoxy) is 1. The van der Waals surface area contributed by atoms with Crippen molar-refractivity contribution in [2.45, 2.75) is 38.4 Å². The first kappa shape index (κ1) is 11.6. The van der Waals surface area contributed by atoms with Crippen LogP contribution in [0.15, 0.2) is 24.3 Å². The van der Waals surface area contributed by atoms with Gasteiger partial charge in [-0.2, -0.15) is 0 Å². The van der Waals surface area contributed by atoms with Gasteiger partial charge in [-0.15, -0.1) is 0 Å². The topological polar surface area (TPSA) is 21.3 Å². The summed E-state index contributed by atoms with van der Waals surface area (Å²) in [5.74, 6) is 0. The van der Waals surface area contributed by atoms with Crippen LogP contribution >= 0.6 is 0 Å². The molecule has 2 rings (SSSR count). The fourth-order valence-corrected chi connectivity index (χ4v) is 2.47. The molecule has 2 atom stereocenters. The third-order valence-electron chi connectivity index (χ3n) is 3.20. The molecule has 1 aliphatic carbocycles. The average molecular weight is 219 g/mol. The fraction of sp³-hybridized carbons (Fsp3) is 0.571. The summed E-state index contributed by atoms with van der Waals surface area (Å²) < 4.78 is 6.10. The fourth-order valence-electron chi connectivity index (χ4n) is 2.47. The zero-order chi connectivity index (χ0) is 11.4. The van der Waals surface area contributed by atoms with Crippen molar-refractivity contribution < 1.29 is 4.74 Å². The van der Waals surface area contributed by atoms with Gasteiger partial charge in [0.05, 0.1) is 12.2 Å². The van der Waals surface area contributed by atoms with Crippen LogP contribution in [0.4, 0.5) is 0 Å². The van der Waals surface area contributed by atoms with Gasteiger partial charge >= 0.3 is 0 Å². The molecular weight excluding hydrogens is 198 g/mol. The van der Waals surface area contributed by atoms with Gasteiger partial charge in [-0.1, -0.05) is 24.3 Å². The Kier molecular flexibility index (Phi) is 3.97. The Morgan fingerprint density at radius 1 is 1.44 bits per heavy atom. The Bertz CT molecular complexity index is 337. The van der Waals surface area contributed by atoms with Crippen LogP contribution in [0.3, 0.4) is 0 Å². The molecule has 0 fully saturated rings. The van der Waals surface area contributed by atoms with Gasteiger partial charge in [-0.3, -0.25) is 0 Å². The van der Waals surface area contributed by atoms with Crippen molar-refractivity contribution >= 4 is 0 Å². The molecule has 0 amide bonds. The summed E-state index contributed by atoms with van der Waals surface area (Å²) in [6, 6.07) is 8.68. The minimum atomic E-state index is 0.279. The van der Waals surface area contributed by atoms with Gasteiger partial charge in [-0.05, 0) is 44.4 Å². The van der Waals surface area contributed by atoms with Crippen LogP contribution in [0.5, 0.6) is 0 Å². The zero-order valence-corrected chi connectivity index (χ0v) is 10.2. The summed E-state index contributed by atoms with van der Waals surface area (Å²) in [7, 11) is 1.97. The Hall–Kier alpha value is -0.860. The van der Waals surface area contributed by atoms with E-state index < -0.39 is 0 Å². The highest BCUT2D eigenvalue weighted by atomic mass is 16.5. The summed E-state index contributed by atoms with van der Waals surface area (Å²) in [4.78, 5) is 0. The summed E-state index contributed by atoms with van der Waals surface area (Å²) in [6.45, 7) is 3.05. The maximum absolute atomic E-state index is 6.10. The molecule has 2 nitrogen and oxygen atoms in total. The average Bonchev–Trinajstić information content (AvgIpc) is 2.30. The lowest BCUT2D eigenvalue weighted by Crippen LogP contribution is -2.26. The van der Waals surface area contributed by atoms with E-state index in [2.05, 4.69) is 36.5 Å². The van der Waals surface area contributed by atoms with Crippen LogP contribution in [-0.4, -0.2) is 19.7 Å². The zero-order valence-electron chi connectivity index (χ0n) is 10.2. The Labute approximate surface area is 98.0 Å². The van der Waals surface area contributed by atoms with E-state index in [0.717, 1.165) is 13.0 Å². The molecule has 88 valence electrons. The lowest BCUT2D eigenvalue weighted by molar-refractivity contribution is -0.0109. The second kappa shape index (κ2) is 5.46. The van der Waals surface area contributed by atoms with Gasteiger partial charge < -0.3 is 10.1 Å². The van der Waals surface area contributed by atoms with Crippen LogP contribution in [0.25, 0.3) is 0 Å². The van der Waals surface area contributed by atoms with Gasteiger partial charge in [0.25, 0.3) is 0 Å². The lowest BCUT2D eigenvalue weighted by atomic mass is 9.89. The largest absolute Gasteiger partial charge is 0.369 e. The second-order valence-electron chi connectivity index (χ2n) is 4.58. The summed E-state index contributed by atoms with van der Waals surface area (Å²) >= 11 is 0. The SMILES string of the molecule is CNCC(C)OC1CCCc2ccccc21. The molecule has 1 N–H and O–H groups in total. The van der Waals surface area contributed by atoms with Crippen molar-refractivity contribution in [3.8, 4) is 0 Å². The normalized spacial score (nSPS) is 21.5. The molecule has 2 unspecified atom stereocenters. The van der Waals surface area contributed by atoms with Crippen LogP contribution in [0, 0.1) is 0 Å². The number of likely N-dealkylation sites (N-methyl/N-ethyl adjacent to an activating group) is 1. The molecule has 1 aliphatic rings. The van der Waals surface area contributed by atoms with E-state index >= 15 is 0 Å². The van der Waals surface area contributed by atoms with Crippen molar-refractivity contribution in [3.05, 3.63) is 35.4 Å². The molecule has 1 aromatic carbocycles. The number of hydrogen-bond donors (Lipinski definition) is 1. The minimum absolute atomic E-state index is 0.279. The third-order valence-corrected chi connectivity index (χ3v) is 3.20. The van der Waals surface area contributed by atoms with Crippen LogP contribution in [-0.2, 0) is 11.2 Å². The first-order valence-electron chi connectivity index (χ1n) is 6.19. The standard InChI is InChI=1S/C14H21NO/c1-11(10-15-2)16-14-9-5-7-12-6-3-4-8-13(12)14/h3-4,6,8,11,14-15H,5,7,9-10H2,1-2H3. The molecule has 0 aromatic heterocycles. The van der Waals surface area contributed by atoms with E-state index in [9.17, 15) is 0 Å². The second-order valence-corrected chi connectivity index (χ2v) is 4.58. The first-order valence-corrected chi connectivity index (χ1v) is 6.19. The maximum atomic E-state index is 6.10. The molecule has 1 aromatic rings. The van der Waals surface area contributed by atoms with E-state index in [4.69, 9.17) is 4.74 Å². The summed E-state index contributed by atoms with van der Waals surface area (Å²) in [5, 5.41) is 3.16. The molecule has 2 heteroatoms. The van der Waals surface area contributed by atoms with Crippen molar-refractivity contribution in [2.24, 2.45) is 0 Å². The predicted octanol–water partition coefficient (Wildman–Crippen LogP) is 2.69. The number of nitrogens with one attached hydrogen (secondary N) is 1. The van der Waals surface area contributed by atoms with E-state index in [1.54, 1.807) is 0 Å². The van der Waals surface area contributed by atoms with Gasteiger partial charge in [-0.25, -0.2) is 0 Å². The maximum Gasteiger partial charge on any atom is 0.0832 e. The number of aryl methyl sites for hydroxylation is 1. The van der Waals surface area contributed by atoms with Gasteiger partial charge in [0.15, 0.2) is 0 Å². The molecule has 0 saturated carbocycles.